The third kappa shape index (κ3) is 3.59. The fourth-order valence-corrected chi connectivity index (χ4v) is 1.75. The highest BCUT2D eigenvalue weighted by Gasteiger charge is 2.13. The lowest BCUT2D eigenvalue weighted by atomic mass is 10.1. The highest BCUT2D eigenvalue weighted by Crippen LogP contribution is 2.11. The lowest BCUT2D eigenvalue weighted by Gasteiger charge is -2.26. The molecule has 1 aromatic rings. The van der Waals surface area contributed by atoms with E-state index < -0.39 is 0 Å². The lowest BCUT2D eigenvalue weighted by molar-refractivity contribution is 0.106. The number of aryl methyl sites for hydroxylation is 1. The summed E-state index contributed by atoms with van der Waals surface area (Å²) in [5.41, 5.74) is 8.40. The Bertz CT molecular complexity index is 315. The number of nitrogens with zero attached hydrogens (tertiary/aromatic N) is 1. The van der Waals surface area contributed by atoms with Gasteiger partial charge in [0, 0.05) is 26.2 Å². The molecule has 0 radical (unpaired) electrons. The number of benzene rings is 1. The Morgan fingerprint density at radius 1 is 1.38 bits per heavy atom. The van der Waals surface area contributed by atoms with Crippen LogP contribution in [0.4, 0.5) is 0 Å². The first-order valence-electron chi connectivity index (χ1n) is 5.62. The third-order valence-corrected chi connectivity index (χ3v) is 2.94. The number of ether oxygens (including phenoxy) is 1. The Balaban J connectivity index is 2.62. The molecule has 1 aromatic carbocycles. The van der Waals surface area contributed by atoms with Crippen molar-refractivity contribution in [3.05, 3.63) is 35.4 Å². The molecule has 0 aliphatic carbocycles. The molecule has 0 spiro atoms. The summed E-state index contributed by atoms with van der Waals surface area (Å²) in [6.07, 6.45) is 0. The second-order valence-corrected chi connectivity index (χ2v) is 4.19. The molecule has 0 fully saturated rings. The summed E-state index contributed by atoms with van der Waals surface area (Å²) in [5.74, 6) is 0. The van der Waals surface area contributed by atoms with Crippen molar-refractivity contribution in [2.24, 2.45) is 5.73 Å². The van der Waals surface area contributed by atoms with E-state index in [4.69, 9.17) is 10.5 Å². The van der Waals surface area contributed by atoms with E-state index in [1.165, 1.54) is 11.1 Å². The van der Waals surface area contributed by atoms with Gasteiger partial charge < -0.3 is 10.5 Å². The van der Waals surface area contributed by atoms with Crippen molar-refractivity contribution in [1.29, 1.82) is 0 Å². The van der Waals surface area contributed by atoms with Crippen LogP contribution in [0, 0.1) is 6.92 Å². The molecule has 0 amide bonds. The quantitative estimate of drug-likeness (QED) is 0.790. The molecule has 2 N–H and O–H groups in total. The van der Waals surface area contributed by atoms with Crippen LogP contribution in [0.25, 0.3) is 0 Å². The molecular weight excluding hydrogens is 200 g/mol. The van der Waals surface area contributed by atoms with E-state index in [2.05, 4.69) is 43.1 Å². The number of likely N-dealkylation sites (N-methyl/N-ethyl adjacent to an activating group) is 1. The highest BCUT2D eigenvalue weighted by atomic mass is 16.5. The van der Waals surface area contributed by atoms with Gasteiger partial charge in [-0.05, 0) is 25.1 Å². The van der Waals surface area contributed by atoms with Gasteiger partial charge in [-0.1, -0.05) is 24.3 Å². The molecule has 0 saturated heterocycles. The average molecular weight is 222 g/mol. The van der Waals surface area contributed by atoms with Crippen LogP contribution in [0.1, 0.15) is 11.1 Å². The van der Waals surface area contributed by atoms with Gasteiger partial charge in [0.05, 0.1) is 6.61 Å². The standard InChI is InChI=1S/C13H22N2O/c1-11-6-4-5-7-12(11)9-15(2)13(8-14)10-16-3/h4-7,13H,8-10,14H2,1-3H3. The van der Waals surface area contributed by atoms with Crippen LogP contribution < -0.4 is 5.73 Å². The smallest absolute Gasteiger partial charge is 0.0630 e. The number of hydrogen-bond donors (Lipinski definition) is 1. The van der Waals surface area contributed by atoms with Crippen LogP contribution >= 0.6 is 0 Å². The molecule has 3 nitrogen and oxygen atoms in total. The van der Waals surface area contributed by atoms with Crippen molar-refractivity contribution in [3.8, 4) is 0 Å². The summed E-state index contributed by atoms with van der Waals surface area (Å²) in [6.45, 7) is 4.35. The Kier molecular flexibility index (Phi) is 5.46. The third-order valence-electron chi connectivity index (χ3n) is 2.94. The SMILES string of the molecule is COCC(CN)N(C)Cc1ccccc1C. The second kappa shape index (κ2) is 6.63. The maximum Gasteiger partial charge on any atom is 0.0630 e. The van der Waals surface area contributed by atoms with Gasteiger partial charge in [0.1, 0.15) is 0 Å². The average Bonchev–Trinajstić information content (AvgIpc) is 2.29. The number of nitrogens with two attached hydrogens (primary N) is 1. The molecule has 0 bridgehead atoms. The second-order valence-electron chi connectivity index (χ2n) is 4.19. The summed E-state index contributed by atoms with van der Waals surface area (Å²) in [7, 11) is 3.80. The number of methoxy groups -OCH3 is 1. The maximum absolute atomic E-state index is 5.73. The lowest BCUT2D eigenvalue weighted by Crippen LogP contribution is -2.40. The molecule has 90 valence electrons. The van der Waals surface area contributed by atoms with Crippen LogP contribution in [0.3, 0.4) is 0 Å². The van der Waals surface area contributed by atoms with E-state index in [1.54, 1.807) is 7.11 Å². The topological polar surface area (TPSA) is 38.5 Å². The van der Waals surface area contributed by atoms with Crippen molar-refractivity contribution in [1.82, 2.24) is 4.90 Å². The maximum atomic E-state index is 5.73. The largest absolute Gasteiger partial charge is 0.383 e. The zero-order valence-electron chi connectivity index (χ0n) is 10.4. The molecule has 16 heavy (non-hydrogen) atoms. The Hall–Kier alpha value is -0.900. The summed E-state index contributed by atoms with van der Waals surface area (Å²) in [4.78, 5) is 2.24. The fraction of sp³-hybridized carbons (Fsp3) is 0.538. The predicted octanol–water partition coefficient (Wildman–Crippen LogP) is 1.40. The zero-order chi connectivity index (χ0) is 12.0. The van der Waals surface area contributed by atoms with Crippen LogP contribution in [0.15, 0.2) is 24.3 Å². The number of rotatable bonds is 6. The molecule has 1 unspecified atom stereocenters. The molecule has 0 aliphatic heterocycles. The molecule has 0 aromatic heterocycles. The summed E-state index contributed by atoms with van der Waals surface area (Å²) in [5, 5.41) is 0. The van der Waals surface area contributed by atoms with Gasteiger partial charge >= 0.3 is 0 Å². The first-order valence-corrected chi connectivity index (χ1v) is 5.62. The van der Waals surface area contributed by atoms with Gasteiger partial charge in [-0.15, -0.1) is 0 Å². The monoisotopic (exact) mass is 222 g/mol. The molecule has 0 saturated carbocycles. The predicted molar refractivity (Wildman–Crippen MR) is 67.4 cm³/mol. The van der Waals surface area contributed by atoms with E-state index in [-0.39, 0.29) is 6.04 Å². The fourth-order valence-electron chi connectivity index (χ4n) is 1.75. The van der Waals surface area contributed by atoms with Crippen molar-refractivity contribution in [3.63, 3.8) is 0 Å². The molecule has 0 heterocycles. The summed E-state index contributed by atoms with van der Waals surface area (Å²) >= 11 is 0. The first kappa shape index (κ1) is 13.2. The van der Waals surface area contributed by atoms with Gasteiger partial charge in [-0.2, -0.15) is 0 Å². The van der Waals surface area contributed by atoms with Gasteiger partial charge in [0.2, 0.25) is 0 Å². The Morgan fingerprint density at radius 3 is 2.62 bits per heavy atom. The Morgan fingerprint density at radius 2 is 2.06 bits per heavy atom. The molecule has 1 rings (SSSR count). The van der Waals surface area contributed by atoms with Crippen molar-refractivity contribution in [2.45, 2.75) is 19.5 Å². The molecule has 1 atom stereocenters. The van der Waals surface area contributed by atoms with Crippen molar-refractivity contribution >= 4 is 0 Å². The van der Waals surface area contributed by atoms with E-state index in [0.29, 0.717) is 13.2 Å². The van der Waals surface area contributed by atoms with Crippen LogP contribution in [-0.2, 0) is 11.3 Å². The minimum Gasteiger partial charge on any atom is -0.383 e. The van der Waals surface area contributed by atoms with Crippen LogP contribution in [0.5, 0.6) is 0 Å². The van der Waals surface area contributed by atoms with Gasteiger partial charge in [-0.3, -0.25) is 4.90 Å². The molecule has 3 heteroatoms. The van der Waals surface area contributed by atoms with Crippen molar-refractivity contribution < 1.29 is 4.74 Å². The van der Waals surface area contributed by atoms with E-state index >= 15 is 0 Å². The highest BCUT2D eigenvalue weighted by molar-refractivity contribution is 5.25. The Labute approximate surface area is 98.2 Å². The van der Waals surface area contributed by atoms with E-state index in [0.717, 1.165) is 6.54 Å². The van der Waals surface area contributed by atoms with E-state index in [9.17, 15) is 0 Å². The normalized spacial score (nSPS) is 13.1. The molecule has 0 aliphatic rings. The van der Waals surface area contributed by atoms with E-state index in [1.807, 2.05) is 0 Å². The minimum atomic E-state index is 0.282. The van der Waals surface area contributed by atoms with Crippen LogP contribution in [-0.4, -0.2) is 38.3 Å². The zero-order valence-corrected chi connectivity index (χ0v) is 10.4. The van der Waals surface area contributed by atoms with Gasteiger partial charge in [0.25, 0.3) is 0 Å². The minimum absolute atomic E-state index is 0.282. The molecular formula is C13H22N2O. The number of hydrogen-bond acceptors (Lipinski definition) is 3. The summed E-state index contributed by atoms with van der Waals surface area (Å²) in [6, 6.07) is 8.71. The van der Waals surface area contributed by atoms with Crippen molar-refractivity contribution in [2.75, 3.05) is 27.3 Å². The van der Waals surface area contributed by atoms with Gasteiger partial charge in [0.15, 0.2) is 0 Å². The first-order chi connectivity index (χ1) is 7.69. The summed E-state index contributed by atoms with van der Waals surface area (Å²) < 4.78 is 5.16. The van der Waals surface area contributed by atoms with Crippen LogP contribution in [0.2, 0.25) is 0 Å². The van der Waals surface area contributed by atoms with Gasteiger partial charge in [-0.25, -0.2) is 0 Å².